The monoisotopic (exact) mass is 790 g/mol. The highest BCUT2D eigenvalue weighted by Gasteiger charge is 2.76. The molecule has 17 nitrogen and oxygen atoms in total. The summed E-state index contributed by atoms with van der Waals surface area (Å²) in [4.78, 5) is 92.6. The van der Waals surface area contributed by atoms with Gasteiger partial charge in [-0.15, -0.1) is 0 Å². The maximum Gasteiger partial charge on any atom is 0.338 e. The third kappa shape index (κ3) is 7.98. The van der Waals surface area contributed by atoms with E-state index in [0.717, 1.165) is 34.6 Å². The molecule has 13 atom stereocenters. The Balaban J connectivity index is 1.93. The van der Waals surface area contributed by atoms with Gasteiger partial charge in [0, 0.05) is 58.8 Å². The molecule has 0 amide bonds. The molecule has 2 saturated heterocycles. The summed E-state index contributed by atoms with van der Waals surface area (Å²) in [6, 6.07) is 7.52. The van der Waals surface area contributed by atoms with E-state index in [2.05, 4.69) is 0 Å². The minimum Gasteiger partial charge on any atom is -0.459 e. The van der Waals surface area contributed by atoms with Crippen LogP contribution in [0.5, 0.6) is 0 Å². The molecule has 0 radical (unpaired) electrons. The average Bonchev–Trinajstić information content (AvgIpc) is 3.86. The quantitative estimate of drug-likeness (QED) is 0.228. The highest BCUT2D eigenvalue weighted by Crippen LogP contribution is 2.58. The van der Waals surface area contributed by atoms with Crippen LogP contribution in [0.15, 0.2) is 30.3 Å². The fraction of sp³-hybridized carbons (Fsp3) is 0.667. The minimum atomic E-state index is -2.84. The van der Waals surface area contributed by atoms with E-state index in [0.29, 0.717) is 0 Å². The fourth-order valence-corrected chi connectivity index (χ4v) is 9.17. The van der Waals surface area contributed by atoms with Crippen molar-refractivity contribution < 1.29 is 81.7 Å². The summed E-state index contributed by atoms with van der Waals surface area (Å²) in [7, 11) is 0. The van der Waals surface area contributed by atoms with Crippen LogP contribution in [-0.2, 0) is 66.7 Å². The maximum atomic E-state index is 14.2. The minimum absolute atomic E-state index is 0.0329. The van der Waals surface area contributed by atoms with E-state index in [9.17, 15) is 43.8 Å². The third-order valence-corrected chi connectivity index (χ3v) is 11.3. The molecule has 2 aliphatic carbocycles. The van der Waals surface area contributed by atoms with Gasteiger partial charge in [0.15, 0.2) is 24.4 Å². The second-order valence-corrected chi connectivity index (χ2v) is 16.1. The summed E-state index contributed by atoms with van der Waals surface area (Å²) >= 11 is 0. The number of aliphatic hydroxyl groups is 2. The van der Waals surface area contributed by atoms with Crippen molar-refractivity contribution in [1.29, 1.82) is 0 Å². The van der Waals surface area contributed by atoms with Gasteiger partial charge in [0.1, 0.15) is 29.0 Å². The number of benzene rings is 1. The topological polar surface area (TPSA) is 237 Å². The molecule has 2 bridgehead atoms. The van der Waals surface area contributed by atoms with Crippen molar-refractivity contribution in [2.75, 3.05) is 0 Å². The lowest BCUT2D eigenvalue weighted by atomic mass is 9.65. The maximum absolute atomic E-state index is 14.2. The number of esters is 7. The van der Waals surface area contributed by atoms with E-state index in [4.69, 9.17) is 37.9 Å². The third-order valence-electron chi connectivity index (χ3n) is 11.3. The molecule has 1 aromatic carbocycles. The molecule has 0 aromatic heterocycles. The van der Waals surface area contributed by atoms with Crippen molar-refractivity contribution in [2.24, 2.45) is 17.3 Å². The van der Waals surface area contributed by atoms with Gasteiger partial charge in [-0.2, -0.15) is 0 Å². The van der Waals surface area contributed by atoms with Crippen molar-refractivity contribution in [3.63, 3.8) is 0 Å². The lowest BCUT2D eigenvalue weighted by molar-refractivity contribution is -0.264. The molecule has 2 heterocycles. The molecule has 5 rings (SSSR count). The lowest BCUT2D eigenvalue weighted by Gasteiger charge is -2.52. The smallest absolute Gasteiger partial charge is 0.338 e. The summed E-state index contributed by atoms with van der Waals surface area (Å²) in [5.74, 6) is -9.45. The first kappa shape index (κ1) is 42.5. The first-order chi connectivity index (χ1) is 26.0. The molecule has 2 aliphatic heterocycles. The van der Waals surface area contributed by atoms with Crippen LogP contribution >= 0.6 is 0 Å². The molecule has 4 fully saturated rings. The number of epoxide rings is 1. The second-order valence-electron chi connectivity index (χ2n) is 16.1. The second kappa shape index (κ2) is 15.4. The van der Waals surface area contributed by atoms with Gasteiger partial charge in [0.2, 0.25) is 0 Å². The zero-order chi connectivity index (χ0) is 41.7. The Labute approximate surface area is 323 Å². The van der Waals surface area contributed by atoms with Crippen LogP contribution in [-0.4, -0.2) is 118 Å². The van der Waals surface area contributed by atoms with E-state index in [1.54, 1.807) is 26.8 Å². The van der Waals surface area contributed by atoms with E-state index in [1.807, 2.05) is 0 Å². The molecular weight excluding hydrogens is 740 g/mol. The predicted octanol–water partition coefficient (Wildman–Crippen LogP) is 1.89. The van der Waals surface area contributed by atoms with Crippen molar-refractivity contribution in [3.8, 4) is 0 Å². The van der Waals surface area contributed by atoms with Crippen LogP contribution < -0.4 is 0 Å². The van der Waals surface area contributed by atoms with E-state index >= 15 is 0 Å². The number of carbonyl (C=O) groups is 7. The zero-order valence-electron chi connectivity index (χ0n) is 32.8. The summed E-state index contributed by atoms with van der Waals surface area (Å²) in [5, 5.41) is 26.8. The van der Waals surface area contributed by atoms with Gasteiger partial charge in [-0.1, -0.05) is 39.0 Å². The Hall–Kier alpha value is -4.61. The molecule has 308 valence electrons. The van der Waals surface area contributed by atoms with E-state index in [-0.39, 0.29) is 5.56 Å². The first-order valence-corrected chi connectivity index (χ1v) is 18.4. The Morgan fingerprint density at radius 1 is 0.696 bits per heavy atom. The normalized spacial score (nSPS) is 38.6. The molecule has 2 N–H and O–H groups in total. The first-order valence-electron chi connectivity index (χ1n) is 18.4. The molecule has 0 unspecified atom stereocenters. The van der Waals surface area contributed by atoms with Crippen LogP contribution in [0.1, 0.15) is 91.9 Å². The Morgan fingerprint density at radius 3 is 1.80 bits per heavy atom. The van der Waals surface area contributed by atoms with Gasteiger partial charge in [-0.05, 0) is 25.5 Å². The zero-order valence-corrected chi connectivity index (χ0v) is 32.8. The van der Waals surface area contributed by atoms with Gasteiger partial charge in [-0.25, -0.2) is 4.79 Å². The van der Waals surface area contributed by atoms with Crippen molar-refractivity contribution in [3.05, 3.63) is 35.9 Å². The van der Waals surface area contributed by atoms with Crippen LogP contribution in [0.3, 0.4) is 0 Å². The Bertz CT molecular complexity index is 1740. The number of rotatable bonds is 7. The lowest BCUT2D eigenvalue weighted by Crippen LogP contribution is -2.71. The van der Waals surface area contributed by atoms with E-state index < -0.39 is 144 Å². The van der Waals surface area contributed by atoms with E-state index in [1.165, 1.54) is 31.2 Å². The average molecular weight is 791 g/mol. The number of ether oxygens (including phenoxy) is 8. The number of carbonyl (C=O) groups excluding carboxylic acids is 7. The Morgan fingerprint density at radius 2 is 1.25 bits per heavy atom. The van der Waals surface area contributed by atoms with Gasteiger partial charge >= 0.3 is 41.8 Å². The SMILES string of the molecule is CC(=O)O[C@H]1[C@@H](OC(C)=O)C(C)(C)[C@@H]2O[C@H]2[C@H](C)[C@H](OC(C)=O)[C@@]2(O)C[C@@](C)(OC(C)=O)[C@@H]3OC(=O)CC[C@@](O)([C@@H]1OC(C)=O)[C@H](OC(=O)c1ccccc1)[C@@H]32. The van der Waals surface area contributed by atoms with Crippen LogP contribution in [0.4, 0.5) is 0 Å². The van der Waals surface area contributed by atoms with Gasteiger partial charge < -0.3 is 48.1 Å². The molecule has 2 saturated carbocycles. The molecular formula is C39H50O17. The standard InChI is InChI=1S/C39H50O17/c1-18-27-32(54-27)36(7,8)33(51-21(4)42)28(49-19(2)40)34(52-22(5)43)38(47)16-15-25(45)53-30-26(31(38)55-35(46)24-13-11-10-12-14-24)39(48,29(18)50-20(3)41)17-37(30,9)56-23(6)44/h10-14,18,26-34,47-48H,15-17H2,1-9H3/t18-,26+,27-,28-,29-,30+,31+,32+,33+,34+,37+,38-,39+/m0/s1. The van der Waals surface area contributed by atoms with Crippen molar-refractivity contribution in [2.45, 2.75) is 147 Å². The Kier molecular flexibility index (Phi) is 11.7. The summed E-state index contributed by atoms with van der Waals surface area (Å²) in [5.41, 5.74) is -8.68. The van der Waals surface area contributed by atoms with Crippen molar-refractivity contribution >= 4 is 41.8 Å². The molecule has 0 spiro atoms. The number of hydrogen-bond donors (Lipinski definition) is 2. The van der Waals surface area contributed by atoms with Crippen molar-refractivity contribution in [1.82, 2.24) is 0 Å². The van der Waals surface area contributed by atoms with Gasteiger partial charge in [0.25, 0.3) is 0 Å². The fourth-order valence-electron chi connectivity index (χ4n) is 9.17. The van der Waals surface area contributed by atoms with Gasteiger partial charge in [-0.3, -0.25) is 28.8 Å². The highest BCUT2D eigenvalue weighted by molar-refractivity contribution is 5.89. The molecule has 1 aromatic rings. The number of fused-ring (bicyclic) bond motifs is 2. The van der Waals surface area contributed by atoms with Gasteiger partial charge in [0.05, 0.1) is 23.7 Å². The summed E-state index contributed by atoms with van der Waals surface area (Å²) in [6.07, 6.45) is -14.8. The summed E-state index contributed by atoms with van der Waals surface area (Å²) in [6.45, 7) is 11.5. The highest BCUT2D eigenvalue weighted by atomic mass is 16.6. The number of hydrogen-bond acceptors (Lipinski definition) is 17. The largest absolute Gasteiger partial charge is 0.459 e. The molecule has 17 heteroatoms. The van der Waals surface area contributed by atoms with Crippen LogP contribution in [0.25, 0.3) is 0 Å². The molecule has 56 heavy (non-hydrogen) atoms. The van der Waals surface area contributed by atoms with Crippen LogP contribution in [0.2, 0.25) is 0 Å². The molecule has 4 aliphatic rings. The summed E-state index contributed by atoms with van der Waals surface area (Å²) < 4.78 is 47.7. The predicted molar refractivity (Wildman–Crippen MR) is 187 cm³/mol. The van der Waals surface area contributed by atoms with Crippen LogP contribution in [0, 0.1) is 17.3 Å².